The summed E-state index contributed by atoms with van der Waals surface area (Å²) in [6, 6.07) is 5.20. The van der Waals surface area contributed by atoms with E-state index in [-0.39, 0.29) is 6.54 Å². The van der Waals surface area contributed by atoms with Gasteiger partial charge in [-0.1, -0.05) is 11.6 Å². The Morgan fingerprint density at radius 3 is 2.60 bits per heavy atom. The van der Waals surface area contributed by atoms with Gasteiger partial charge in [-0.25, -0.2) is 4.79 Å². The van der Waals surface area contributed by atoms with Crippen LogP contribution in [0.1, 0.15) is 17.5 Å². The maximum Gasteiger partial charge on any atom is 0.390 e. The van der Waals surface area contributed by atoms with Gasteiger partial charge in [0.25, 0.3) is 0 Å². The van der Waals surface area contributed by atoms with Crippen molar-refractivity contribution in [1.82, 2.24) is 0 Å². The lowest BCUT2D eigenvalue weighted by molar-refractivity contribution is -0.132. The van der Waals surface area contributed by atoms with Crippen LogP contribution in [0.15, 0.2) is 24.3 Å². The molecule has 0 aliphatic carbocycles. The third-order valence-corrected chi connectivity index (χ3v) is 2.73. The molecule has 0 fully saturated rings. The van der Waals surface area contributed by atoms with E-state index in [4.69, 9.17) is 5.11 Å². The molecule has 1 rings (SSSR count). The van der Waals surface area contributed by atoms with Crippen molar-refractivity contribution in [2.24, 2.45) is 0 Å². The van der Waals surface area contributed by atoms with Crippen LogP contribution >= 0.6 is 0 Å². The molecule has 1 aromatic carbocycles. The summed E-state index contributed by atoms with van der Waals surface area (Å²) in [6.07, 6.45) is -2.78. The van der Waals surface area contributed by atoms with Crippen LogP contribution < -0.4 is 4.90 Å². The zero-order valence-electron chi connectivity index (χ0n) is 11.2. The van der Waals surface area contributed by atoms with Crippen molar-refractivity contribution in [3.63, 3.8) is 0 Å². The number of aryl methyl sites for hydroxylation is 1. The summed E-state index contributed by atoms with van der Waals surface area (Å²) in [7, 11) is 1.55. The summed E-state index contributed by atoms with van der Waals surface area (Å²) in [5, 5.41) is 8.63. The predicted molar refractivity (Wildman–Crippen MR) is 71.8 cm³/mol. The van der Waals surface area contributed by atoms with Crippen molar-refractivity contribution in [3.8, 4) is 0 Å². The maximum atomic E-state index is 12.2. The van der Waals surface area contributed by atoms with E-state index in [0.29, 0.717) is 11.3 Å². The van der Waals surface area contributed by atoms with Crippen molar-refractivity contribution in [2.75, 3.05) is 18.5 Å². The molecule has 0 bridgehead atoms. The number of nitrogens with zero attached hydrogens (tertiary/aromatic N) is 1. The standard InChI is InChI=1S/C14H16F3NO2/c1-10-3-5-12(11(9-10)4-6-13(19)20)18(2)8-7-14(15,16)17/h3-6,9H,7-8H2,1-2H3,(H,19,20)/b6-4+. The average molecular weight is 287 g/mol. The Morgan fingerprint density at radius 1 is 1.40 bits per heavy atom. The number of benzene rings is 1. The summed E-state index contributed by atoms with van der Waals surface area (Å²) in [6.45, 7) is 1.65. The lowest BCUT2D eigenvalue weighted by Crippen LogP contribution is -2.24. The number of halogens is 3. The third-order valence-electron chi connectivity index (χ3n) is 2.73. The number of hydrogen-bond acceptors (Lipinski definition) is 2. The van der Waals surface area contributed by atoms with Crippen LogP contribution in [0.5, 0.6) is 0 Å². The normalized spacial score (nSPS) is 11.8. The fourth-order valence-corrected chi connectivity index (χ4v) is 1.73. The molecule has 0 radical (unpaired) electrons. The first-order chi connectivity index (χ1) is 9.19. The molecule has 3 nitrogen and oxygen atoms in total. The van der Waals surface area contributed by atoms with Gasteiger partial charge in [-0.2, -0.15) is 13.2 Å². The number of aliphatic carboxylic acids is 1. The van der Waals surface area contributed by atoms with E-state index >= 15 is 0 Å². The zero-order chi connectivity index (χ0) is 15.3. The van der Waals surface area contributed by atoms with Crippen LogP contribution in [-0.4, -0.2) is 30.8 Å². The van der Waals surface area contributed by atoms with E-state index in [1.807, 2.05) is 6.92 Å². The van der Waals surface area contributed by atoms with Gasteiger partial charge in [-0.3, -0.25) is 0 Å². The summed E-state index contributed by atoms with van der Waals surface area (Å²) in [5.41, 5.74) is 2.05. The highest BCUT2D eigenvalue weighted by Crippen LogP contribution is 2.25. The summed E-state index contributed by atoms with van der Waals surface area (Å²) in [4.78, 5) is 12.0. The van der Waals surface area contributed by atoms with Crippen LogP contribution in [0.25, 0.3) is 6.08 Å². The Morgan fingerprint density at radius 2 is 2.05 bits per heavy atom. The highest BCUT2D eigenvalue weighted by molar-refractivity contribution is 5.87. The molecule has 0 saturated heterocycles. The van der Waals surface area contributed by atoms with E-state index in [0.717, 1.165) is 11.6 Å². The molecule has 1 aromatic rings. The molecule has 0 heterocycles. The van der Waals surface area contributed by atoms with E-state index in [9.17, 15) is 18.0 Å². The molecule has 0 saturated carbocycles. The highest BCUT2D eigenvalue weighted by Gasteiger charge is 2.27. The number of anilines is 1. The van der Waals surface area contributed by atoms with Gasteiger partial charge in [0.15, 0.2) is 0 Å². The molecule has 0 aromatic heterocycles. The van der Waals surface area contributed by atoms with E-state index in [1.165, 1.54) is 11.0 Å². The Hall–Kier alpha value is -1.98. The quantitative estimate of drug-likeness (QED) is 0.843. The zero-order valence-corrected chi connectivity index (χ0v) is 11.2. The van der Waals surface area contributed by atoms with Crippen molar-refractivity contribution < 1.29 is 23.1 Å². The molecule has 0 amide bonds. The van der Waals surface area contributed by atoms with E-state index < -0.39 is 18.6 Å². The Labute approximate surface area is 115 Å². The SMILES string of the molecule is Cc1ccc(N(C)CCC(F)(F)F)c(/C=C/C(=O)O)c1. The Kier molecular flexibility index (Phi) is 5.19. The lowest BCUT2D eigenvalue weighted by atomic mass is 10.1. The molecule has 20 heavy (non-hydrogen) atoms. The van der Waals surface area contributed by atoms with Gasteiger partial charge >= 0.3 is 12.1 Å². The third kappa shape index (κ3) is 5.34. The molecule has 0 aliphatic heterocycles. The molecule has 0 atom stereocenters. The Bertz CT molecular complexity index is 510. The Balaban J connectivity index is 2.95. The van der Waals surface area contributed by atoms with Crippen molar-refractivity contribution in [3.05, 3.63) is 35.4 Å². The minimum absolute atomic E-state index is 0.180. The molecular weight excluding hydrogens is 271 g/mol. The van der Waals surface area contributed by atoms with Crippen molar-refractivity contribution in [2.45, 2.75) is 19.5 Å². The van der Waals surface area contributed by atoms with Crippen molar-refractivity contribution >= 4 is 17.7 Å². The first kappa shape index (κ1) is 16.1. The van der Waals surface area contributed by atoms with Crippen molar-refractivity contribution in [1.29, 1.82) is 0 Å². The average Bonchev–Trinajstić information content (AvgIpc) is 2.32. The first-order valence-corrected chi connectivity index (χ1v) is 5.98. The maximum absolute atomic E-state index is 12.2. The number of hydrogen-bond donors (Lipinski definition) is 1. The highest BCUT2D eigenvalue weighted by atomic mass is 19.4. The van der Waals surface area contributed by atoms with Crippen LogP contribution in [0.4, 0.5) is 18.9 Å². The largest absolute Gasteiger partial charge is 0.478 e. The first-order valence-electron chi connectivity index (χ1n) is 5.98. The van der Waals surface area contributed by atoms with Crippen LogP contribution in [0, 0.1) is 6.92 Å². The topological polar surface area (TPSA) is 40.5 Å². The minimum Gasteiger partial charge on any atom is -0.478 e. The molecule has 110 valence electrons. The number of rotatable bonds is 5. The second-order valence-corrected chi connectivity index (χ2v) is 4.52. The van der Waals surface area contributed by atoms with Crippen LogP contribution in [0.2, 0.25) is 0 Å². The van der Waals surface area contributed by atoms with Gasteiger partial charge < -0.3 is 10.0 Å². The molecule has 1 N–H and O–H groups in total. The van der Waals surface area contributed by atoms with Gasteiger partial charge in [0.1, 0.15) is 0 Å². The number of carboxylic acid groups (broad SMARTS) is 1. The molecular formula is C14H16F3NO2. The molecule has 0 aliphatic rings. The predicted octanol–water partition coefficient (Wildman–Crippen LogP) is 3.48. The number of carboxylic acids is 1. The fourth-order valence-electron chi connectivity index (χ4n) is 1.73. The lowest BCUT2D eigenvalue weighted by Gasteiger charge is -2.22. The van der Waals surface area contributed by atoms with Gasteiger partial charge in [0, 0.05) is 25.4 Å². The van der Waals surface area contributed by atoms with Gasteiger partial charge in [-0.05, 0) is 30.7 Å². The number of carbonyl (C=O) groups is 1. The van der Waals surface area contributed by atoms with Crippen LogP contribution in [-0.2, 0) is 4.79 Å². The molecule has 6 heteroatoms. The fraction of sp³-hybridized carbons (Fsp3) is 0.357. The van der Waals surface area contributed by atoms with Gasteiger partial charge in [-0.15, -0.1) is 0 Å². The summed E-state index contributed by atoms with van der Waals surface area (Å²) < 4.78 is 36.7. The molecule has 0 spiro atoms. The second kappa shape index (κ2) is 6.45. The van der Waals surface area contributed by atoms with Crippen LogP contribution in [0.3, 0.4) is 0 Å². The monoisotopic (exact) mass is 287 g/mol. The summed E-state index contributed by atoms with van der Waals surface area (Å²) >= 11 is 0. The number of alkyl halides is 3. The van der Waals surface area contributed by atoms with Gasteiger partial charge in [0.2, 0.25) is 0 Å². The van der Waals surface area contributed by atoms with Gasteiger partial charge in [0.05, 0.1) is 6.42 Å². The second-order valence-electron chi connectivity index (χ2n) is 4.52. The van der Waals surface area contributed by atoms with E-state index in [1.54, 1.807) is 25.2 Å². The minimum atomic E-state index is -4.21. The molecule has 0 unspecified atom stereocenters. The smallest absolute Gasteiger partial charge is 0.390 e. The van der Waals surface area contributed by atoms with E-state index in [2.05, 4.69) is 0 Å². The summed E-state index contributed by atoms with van der Waals surface area (Å²) in [5.74, 6) is -1.10.